The Balaban J connectivity index is 1.75. The molecule has 1 aliphatic carbocycles. The summed E-state index contributed by atoms with van der Waals surface area (Å²) in [7, 11) is -2.31. The minimum absolute atomic E-state index is 0.154. The van der Waals surface area contributed by atoms with Crippen molar-refractivity contribution in [3.05, 3.63) is 48.2 Å². The third-order valence-corrected chi connectivity index (χ3v) is 5.91. The summed E-state index contributed by atoms with van der Waals surface area (Å²) in [4.78, 5) is 15.7. The SMILES string of the molecule is COC(=O)C=C1CCC(NS(=O)(=O)c2cccc3cccnc23)CC1. The molecule has 0 atom stereocenters. The van der Waals surface area contributed by atoms with Crippen LogP contribution in [0.4, 0.5) is 0 Å². The molecule has 0 aliphatic heterocycles. The van der Waals surface area contributed by atoms with E-state index in [1.165, 1.54) is 13.2 Å². The number of carbonyl (C=O) groups is 1. The lowest BCUT2D eigenvalue weighted by atomic mass is 9.91. The van der Waals surface area contributed by atoms with Crippen molar-refractivity contribution in [2.45, 2.75) is 36.6 Å². The molecule has 0 spiro atoms. The van der Waals surface area contributed by atoms with E-state index < -0.39 is 10.0 Å². The van der Waals surface area contributed by atoms with Crippen molar-refractivity contribution in [3.63, 3.8) is 0 Å². The smallest absolute Gasteiger partial charge is 0.330 e. The first kappa shape index (κ1) is 17.6. The number of methoxy groups -OCH3 is 1. The fraction of sp³-hybridized carbons (Fsp3) is 0.333. The summed E-state index contributed by atoms with van der Waals surface area (Å²) < 4.78 is 33.0. The summed E-state index contributed by atoms with van der Waals surface area (Å²) in [5.74, 6) is -0.365. The third-order valence-electron chi connectivity index (χ3n) is 4.36. The van der Waals surface area contributed by atoms with Gasteiger partial charge in [-0.3, -0.25) is 4.98 Å². The van der Waals surface area contributed by atoms with Gasteiger partial charge in [0.25, 0.3) is 0 Å². The molecule has 1 aliphatic rings. The molecular formula is C18H20N2O4S. The Morgan fingerprint density at radius 3 is 2.68 bits per heavy atom. The quantitative estimate of drug-likeness (QED) is 0.669. The zero-order valence-corrected chi connectivity index (χ0v) is 14.8. The van der Waals surface area contributed by atoms with Crippen LogP contribution in [0.15, 0.2) is 53.1 Å². The first-order chi connectivity index (χ1) is 12.0. The number of hydrogen-bond donors (Lipinski definition) is 1. The minimum atomic E-state index is -3.66. The number of esters is 1. The number of sulfonamides is 1. The molecule has 2 aromatic rings. The van der Waals surface area contributed by atoms with Crippen molar-refractivity contribution in [1.82, 2.24) is 9.71 Å². The third kappa shape index (κ3) is 4.05. The van der Waals surface area contributed by atoms with Crippen LogP contribution in [0.25, 0.3) is 10.9 Å². The van der Waals surface area contributed by atoms with Crippen LogP contribution in [0.2, 0.25) is 0 Å². The second kappa shape index (κ2) is 7.33. The second-order valence-corrected chi connectivity index (χ2v) is 7.73. The van der Waals surface area contributed by atoms with E-state index in [0.717, 1.165) is 11.0 Å². The van der Waals surface area contributed by atoms with E-state index in [4.69, 9.17) is 0 Å². The van der Waals surface area contributed by atoms with Crippen LogP contribution < -0.4 is 4.72 Å². The fourth-order valence-electron chi connectivity index (χ4n) is 3.05. The molecule has 6 nitrogen and oxygen atoms in total. The Morgan fingerprint density at radius 2 is 1.96 bits per heavy atom. The van der Waals surface area contributed by atoms with Crippen molar-refractivity contribution in [2.75, 3.05) is 7.11 Å². The van der Waals surface area contributed by atoms with Crippen molar-refractivity contribution < 1.29 is 17.9 Å². The standard InChI is InChI=1S/C18H20N2O4S/c1-24-17(21)12-13-7-9-15(10-8-13)20-25(22,23)16-6-2-4-14-5-3-11-19-18(14)16/h2-6,11-12,15,20H,7-10H2,1H3. The second-order valence-electron chi connectivity index (χ2n) is 6.05. The van der Waals surface area contributed by atoms with Gasteiger partial charge in [0.1, 0.15) is 4.90 Å². The van der Waals surface area contributed by atoms with E-state index in [2.05, 4.69) is 14.4 Å². The maximum Gasteiger partial charge on any atom is 0.330 e. The fourth-order valence-corrected chi connectivity index (χ4v) is 4.54. The largest absolute Gasteiger partial charge is 0.466 e. The zero-order chi connectivity index (χ0) is 17.9. The van der Waals surface area contributed by atoms with Crippen molar-refractivity contribution in [1.29, 1.82) is 0 Å². The van der Waals surface area contributed by atoms with Gasteiger partial charge >= 0.3 is 5.97 Å². The number of pyridine rings is 1. The van der Waals surface area contributed by atoms with Crippen molar-refractivity contribution in [2.24, 2.45) is 0 Å². The molecule has 3 rings (SSSR count). The molecule has 1 fully saturated rings. The number of benzene rings is 1. The number of nitrogens with one attached hydrogen (secondary N) is 1. The number of hydrogen-bond acceptors (Lipinski definition) is 5. The molecule has 0 unspecified atom stereocenters. The summed E-state index contributed by atoms with van der Waals surface area (Å²) in [6.45, 7) is 0. The molecule has 0 bridgehead atoms. The van der Waals surface area contributed by atoms with E-state index in [0.29, 0.717) is 31.2 Å². The van der Waals surface area contributed by atoms with Gasteiger partial charge in [0.2, 0.25) is 10.0 Å². The number of para-hydroxylation sites is 1. The van der Waals surface area contributed by atoms with Crippen LogP contribution in [0.5, 0.6) is 0 Å². The number of rotatable bonds is 4. The van der Waals surface area contributed by atoms with Crippen molar-refractivity contribution >= 4 is 26.9 Å². The monoisotopic (exact) mass is 360 g/mol. The Labute approximate surface area is 147 Å². The summed E-state index contributed by atoms with van der Waals surface area (Å²) >= 11 is 0. The number of nitrogens with zero attached hydrogens (tertiary/aromatic N) is 1. The molecule has 1 aromatic heterocycles. The van der Waals surface area contributed by atoms with Gasteiger partial charge in [-0.05, 0) is 37.8 Å². The lowest BCUT2D eigenvalue weighted by Crippen LogP contribution is -2.36. The predicted octanol–water partition coefficient (Wildman–Crippen LogP) is 2.56. The highest BCUT2D eigenvalue weighted by atomic mass is 32.2. The topological polar surface area (TPSA) is 85.4 Å². The normalized spacial score (nSPS) is 18.1. The zero-order valence-electron chi connectivity index (χ0n) is 13.9. The number of carbonyl (C=O) groups excluding carboxylic acids is 1. The molecule has 1 saturated carbocycles. The van der Waals surface area contributed by atoms with Gasteiger partial charge in [-0.1, -0.05) is 23.8 Å². The Hall–Kier alpha value is -2.25. The molecule has 0 saturated heterocycles. The summed E-state index contributed by atoms with van der Waals surface area (Å²) in [6.07, 6.45) is 5.75. The van der Waals surface area contributed by atoms with Crippen LogP contribution >= 0.6 is 0 Å². The van der Waals surface area contributed by atoms with Crippen LogP contribution in [0.3, 0.4) is 0 Å². The van der Waals surface area contributed by atoms with E-state index in [9.17, 15) is 13.2 Å². The van der Waals surface area contributed by atoms with Crippen LogP contribution in [-0.2, 0) is 19.6 Å². The van der Waals surface area contributed by atoms with Gasteiger partial charge in [0.05, 0.1) is 12.6 Å². The minimum Gasteiger partial charge on any atom is -0.466 e. The molecule has 25 heavy (non-hydrogen) atoms. The van der Waals surface area contributed by atoms with Crippen molar-refractivity contribution in [3.8, 4) is 0 Å². The highest BCUT2D eigenvalue weighted by molar-refractivity contribution is 7.89. The van der Waals surface area contributed by atoms with Crippen LogP contribution in [-0.4, -0.2) is 32.5 Å². The van der Waals surface area contributed by atoms with Crippen LogP contribution in [0, 0.1) is 0 Å². The molecular weight excluding hydrogens is 340 g/mol. The molecule has 132 valence electrons. The highest BCUT2D eigenvalue weighted by Crippen LogP contribution is 2.26. The lowest BCUT2D eigenvalue weighted by molar-refractivity contribution is -0.134. The van der Waals surface area contributed by atoms with E-state index >= 15 is 0 Å². The molecule has 7 heteroatoms. The van der Waals surface area contributed by atoms with Gasteiger partial charge < -0.3 is 4.74 Å². The number of fused-ring (bicyclic) bond motifs is 1. The van der Waals surface area contributed by atoms with Gasteiger partial charge in [-0.15, -0.1) is 0 Å². The lowest BCUT2D eigenvalue weighted by Gasteiger charge is -2.24. The Morgan fingerprint density at radius 1 is 1.24 bits per heavy atom. The number of ether oxygens (including phenoxy) is 1. The summed E-state index contributed by atoms with van der Waals surface area (Å²) in [6, 6.07) is 8.60. The molecule has 0 amide bonds. The van der Waals surface area contributed by atoms with Gasteiger partial charge in [-0.2, -0.15) is 0 Å². The number of aromatic nitrogens is 1. The maximum atomic E-state index is 12.8. The average molecular weight is 360 g/mol. The van der Waals surface area contributed by atoms with Gasteiger partial charge in [-0.25, -0.2) is 17.9 Å². The molecule has 1 N–H and O–H groups in total. The molecule has 0 radical (unpaired) electrons. The average Bonchev–Trinajstić information content (AvgIpc) is 2.62. The molecule has 1 aromatic carbocycles. The number of allylic oxidation sites excluding steroid dienone is 1. The first-order valence-electron chi connectivity index (χ1n) is 8.13. The Kier molecular flexibility index (Phi) is 5.15. The molecule has 1 heterocycles. The van der Waals surface area contributed by atoms with E-state index in [-0.39, 0.29) is 16.9 Å². The van der Waals surface area contributed by atoms with Crippen LogP contribution in [0.1, 0.15) is 25.7 Å². The van der Waals surface area contributed by atoms with Gasteiger partial charge in [0.15, 0.2) is 0 Å². The van der Waals surface area contributed by atoms with Gasteiger partial charge in [0, 0.05) is 23.7 Å². The van der Waals surface area contributed by atoms with E-state index in [1.54, 1.807) is 24.4 Å². The summed E-state index contributed by atoms with van der Waals surface area (Å²) in [5, 5.41) is 0.789. The highest BCUT2D eigenvalue weighted by Gasteiger charge is 2.25. The maximum absolute atomic E-state index is 12.8. The van der Waals surface area contributed by atoms with E-state index in [1.807, 2.05) is 12.1 Å². The Bertz CT molecular complexity index is 906. The first-order valence-corrected chi connectivity index (χ1v) is 9.61. The predicted molar refractivity (Wildman–Crippen MR) is 94.4 cm³/mol. The summed E-state index contributed by atoms with van der Waals surface area (Å²) in [5.41, 5.74) is 1.47.